The van der Waals surface area contributed by atoms with Crippen LogP contribution in [0, 0.1) is 5.92 Å². The molecule has 2 aliphatic rings. The van der Waals surface area contributed by atoms with Crippen molar-refractivity contribution in [2.24, 2.45) is 11.1 Å². The van der Waals surface area contributed by atoms with Gasteiger partial charge in [0.15, 0.2) is 6.61 Å². The van der Waals surface area contributed by atoms with Crippen LogP contribution in [-0.2, 0) is 20.8 Å². The lowest BCUT2D eigenvalue weighted by Crippen LogP contribution is -2.37. The molecule has 1 amide bonds. The number of rotatable bonds is 3. The first-order valence-electron chi connectivity index (χ1n) is 12.2. The number of amides is 1. The maximum atomic E-state index is 12.9. The second kappa shape index (κ2) is 12.4. The van der Waals surface area contributed by atoms with E-state index in [-0.39, 0.29) is 48.0 Å². The van der Waals surface area contributed by atoms with Crippen molar-refractivity contribution in [2.45, 2.75) is 71.3 Å². The van der Waals surface area contributed by atoms with Crippen LogP contribution in [0.25, 0.3) is 0 Å². The Bertz CT molecular complexity index is 920. The quantitative estimate of drug-likeness (QED) is 0.385. The predicted molar refractivity (Wildman–Crippen MR) is 129 cm³/mol. The van der Waals surface area contributed by atoms with Gasteiger partial charge < -0.3 is 24.7 Å². The molecular weight excluding hydrogens is 436 g/mol. The lowest BCUT2D eigenvalue weighted by atomic mass is 9.93. The van der Waals surface area contributed by atoms with Gasteiger partial charge in [-0.1, -0.05) is 24.2 Å². The van der Waals surface area contributed by atoms with Crippen LogP contribution in [0.4, 0.5) is 0 Å². The summed E-state index contributed by atoms with van der Waals surface area (Å²) in [6.45, 7) is 5.27. The Morgan fingerprint density at radius 1 is 1.18 bits per heavy atom. The third-order valence-electron chi connectivity index (χ3n) is 6.23. The molecular formula is C26H36N2O6. The summed E-state index contributed by atoms with van der Waals surface area (Å²) in [6, 6.07) is 2.56. The lowest BCUT2D eigenvalue weighted by Gasteiger charge is -2.26. The number of allylic oxidation sites excluding steroid dienone is 1. The first kappa shape index (κ1) is 25.6. The number of phenolic OH excluding ortho intramolecular Hbond substituents is 2. The zero-order valence-corrected chi connectivity index (χ0v) is 20.2. The van der Waals surface area contributed by atoms with Crippen LogP contribution >= 0.6 is 0 Å². The van der Waals surface area contributed by atoms with Crippen LogP contribution in [0.2, 0.25) is 0 Å². The molecule has 1 fully saturated rings. The van der Waals surface area contributed by atoms with E-state index >= 15 is 0 Å². The highest BCUT2D eigenvalue weighted by Crippen LogP contribution is 2.30. The van der Waals surface area contributed by atoms with Gasteiger partial charge in [0.1, 0.15) is 23.2 Å². The van der Waals surface area contributed by atoms with E-state index < -0.39 is 5.97 Å². The summed E-state index contributed by atoms with van der Waals surface area (Å²) < 4.78 is 5.53. The molecule has 2 N–H and O–H groups in total. The molecule has 3 rings (SSSR count). The number of hydrogen-bond acceptors (Lipinski definition) is 7. The summed E-state index contributed by atoms with van der Waals surface area (Å²) >= 11 is 0. The number of carbonyl (C=O) groups excluding carboxylic acids is 2. The zero-order chi connectivity index (χ0) is 24.5. The van der Waals surface area contributed by atoms with Gasteiger partial charge >= 0.3 is 5.97 Å². The van der Waals surface area contributed by atoms with Crippen molar-refractivity contribution in [3.8, 4) is 11.5 Å². The van der Waals surface area contributed by atoms with Crippen molar-refractivity contribution >= 4 is 17.6 Å². The number of phenols is 2. The molecule has 2 aliphatic heterocycles. The van der Waals surface area contributed by atoms with Gasteiger partial charge in [-0.15, -0.1) is 0 Å². The molecule has 0 aliphatic carbocycles. The standard InChI is InChI=1S/C26H36N2O6/c1-18-9-5-3-6-10-19(2)34-26(32)25-20(15-22(29)16-23(25)30)14-21(13-18)27-33-17-24(31)28-11-7-4-8-12-28/h3,6,15-16,18-19,29-30H,4-5,7-14,17H2,1-2H3/b6-3+,27-21+. The van der Waals surface area contributed by atoms with E-state index in [1.165, 1.54) is 6.07 Å². The van der Waals surface area contributed by atoms with E-state index in [0.717, 1.165) is 51.3 Å². The molecule has 1 saturated heterocycles. The monoisotopic (exact) mass is 472 g/mol. The number of cyclic esters (lactones) is 1. The summed E-state index contributed by atoms with van der Waals surface area (Å²) in [5.74, 6) is -0.958. The molecule has 2 heterocycles. The van der Waals surface area contributed by atoms with Gasteiger partial charge in [-0.05, 0) is 63.0 Å². The third kappa shape index (κ3) is 7.50. The van der Waals surface area contributed by atoms with E-state index in [1.54, 1.807) is 11.8 Å². The summed E-state index contributed by atoms with van der Waals surface area (Å²) in [5.41, 5.74) is 1.04. The second-order valence-electron chi connectivity index (χ2n) is 9.36. The van der Waals surface area contributed by atoms with E-state index in [2.05, 4.69) is 18.2 Å². The van der Waals surface area contributed by atoms with E-state index in [0.29, 0.717) is 24.1 Å². The molecule has 1 aromatic rings. The van der Waals surface area contributed by atoms with Crippen molar-refractivity contribution in [1.29, 1.82) is 0 Å². The van der Waals surface area contributed by atoms with Crippen LogP contribution in [0.1, 0.15) is 74.7 Å². The second-order valence-corrected chi connectivity index (χ2v) is 9.36. The molecule has 186 valence electrons. The number of carbonyl (C=O) groups is 2. The Morgan fingerprint density at radius 3 is 2.71 bits per heavy atom. The summed E-state index contributed by atoms with van der Waals surface area (Å²) in [7, 11) is 0. The van der Waals surface area contributed by atoms with Gasteiger partial charge in [-0.25, -0.2) is 4.79 Å². The molecule has 0 aromatic heterocycles. The minimum atomic E-state index is -0.654. The van der Waals surface area contributed by atoms with Crippen LogP contribution in [0.3, 0.4) is 0 Å². The van der Waals surface area contributed by atoms with Gasteiger partial charge in [0, 0.05) is 32.0 Å². The van der Waals surface area contributed by atoms with Crippen molar-refractivity contribution in [3.63, 3.8) is 0 Å². The number of fused-ring (bicyclic) bond motifs is 1. The van der Waals surface area contributed by atoms with Gasteiger partial charge in [0.05, 0.1) is 5.71 Å². The molecule has 0 bridgehead atoms. The molecule has 8 heteroatoms. The first-order chi connectivity index (χ1) is 16.3. The molecule has 2 atom stereocenters. The van der Waals surface area contributed by atoms with Crippen LogP contribution < -0.4 is 0 Å². The number of hydrogen-bond donors (Lipinski definition) is 2. The molecule has 0 spiro atoms. The molecule has 1 aromatic carbocycles. The maximum absolute atomic E-state index is 12.9. The number of benzene rings is 1. The number of aromatic hydroxyl groups is 2. The number of piperidine rings is 1. The molecule has 2 unspecified atom stereocenters. The Labute approximate surface area is 201 Å². The molecule has 0 radical (unpaired) electrons. The minimum Gasteiger partial charge on any atom is -0.508 e. The van der Waals surface area contributed by atoms with Gasteiger partial charge in [0.25, 0.3) is 5.91 Å². The zero-order valence-electron chi connectivity index (χ0n) is 20.2. The Kier molecular flexibility index (Phi) is 9.36. The number of ether oxygens (including phenoxy) is 1. The number of likely N-dealkylation sites (tertiary alicyclic amines) is 1. The molecule has 34 heavy (non-hydrogen) atoms. The van der Waals surface area contributed by atoms with Crippen LogP contribution in [0.15, 0.2) is 29.4 Å². The first-order valence-corrected chi connectivity index (χ1v) is 12.2. The van der Waals surface area contributed by atoms with Crippen molar-refractivity contribution in [3.05, 3.63) is 35.4 Å². The Balaban J connectivity index is 1.84. The van der Waals surface area contributed by atoms with Crippen LogP contribution in [0.5, 0.6) is 11.5 Å². The van der Waals surface area contributed by atoms with Gasteiger partial charge in [0.2, 0.25) is 0 Å². The van der Waals surface area contributed by atoms with E-state index in [9.17, 15) is 19.8 Å². The van der Waals surface area contributed by atoms with Crippen molar-refractivity contribution in [2.75, 3.05) is 19.7 Å². The summed E-state index contributed by atoms with van der Waals surface area (Å²) in [6.07, 6.45) is 10.1. The minimum absolute atomic E-state index is 0.00966. The van der Waals surface area contributed by atoms with E-state index in [1.807, 2.05) is 6.08 Å². The summed E-state index contributed by atoms with van der Waals surface area (Å²) in [4.78, 5) is 32.6. The SMILES string of the molecule is CC1CC/C=C/CC(C)OC(=O)c2c(O)cc(O)cc2C/C(=N/OCC(=O)N2CCCCC2)C1. The third-order valence-corrected chi connectivity index (χ3v) is 6.23. The smallest absolute Gasteiger partial charge is 0.342 e. The number of oxime groups is 1. The Morgan fingerprint density at radius 2 is 1.94 bits per heavy atom. The average molecular weight is 473 g/mol. The normalized spacial score (nSPS) is 24.6. The number of nitrogens with zero attached hydrogens (tertiary/aromatic N) is 2. The fourth-order valence-electron chi connectivity index (χ4n) is 4.40. The highest BCUT2D eigenvalue weighted by atomic mass is 16.6. The van der Waals surface area contributed by atoms with Gasteiger partial charge in [-0.3, -0.25) is 4.79 Å². The molecule has 8 nitrogen and oxygen atoms in total. The average Bonchev–Trinajstić information content (AvgIpc) is 2.78. The fourth-order valence-corrected chi connectivity index (χ4v) is 4.40. The number of esters is 1. The lowest BCUT2D eigenvalue weighted by molar-refractivity contribution is -0.137. The summed E-state index contributed by atoms with van der Waals surface area (Å²) in [5, 5.41) is 24.8. The predicted octanol–water partition coefficient (Wildman–Crippen LogP) is 4.34. The van der Waals surface area contributed by atoms with Gasteiger partial charge in [-0.2, -0.15) is 0 Å². The fraction of sp³-hybridized carbons (Fsp3) is 0.577. The Hall–Kier alpha value is -3.03. The van der Waals surface area contributed by atoms with Crippen LogP contribution in [-0.4, -0.2) is 58.5 Å². The molecule has 0 saturated carbocycles. The largest absolute Gasteiger partial charge is 0.508 e. The highest BCUT2D eigenvalue weighted by Gasteiger charge is 2.23. The maximum Gasteiger partial charge on any atom is 0.342 e. The van der Waals surface area contributed by atoms with Crippen molar-refractivity contribution in [1.82, 2.24) is 4.90 Å². The van der Waals surface area contributed by atoms with Crippen molar-refractivity contribution < 1.29 is 29.4 Å². The topological polar surface area (TPSA) is 109 Å². The highest BCUT2D eigenvalue weighted by molar-refractivity contribution is 5.97. The van der Waals surface area contributed by atoms with E-state index in [4.69, 9.17) is 9.57 Å².